The number of hydrogen-bond donors (Lipinski definition) is 0. The largest absolute Gasteiger partial charge is 0.271 e. The molecule has 9 heteroatoms. The number of sulfone groups is 1. The number of imide groups is 1. The zero-order valence-corrected chi connectivity index (χ0v) is 20.3. The van der Waals surface area contributed by atoms with E-state index >= 15 is 0 Å². The van der Waals surface area contributed by atoms with E-state index in [1.165, 1.54) is 0 Å². The van der Waals surface area contributed by atoms with Gasteiger partial charge in [-0.3, -0.25) is 14.5 Å². The summed E-state index contributed by atoms with van der Waals surface area (Å²) >= 11 is 0. The Hall–Kier alpha value is -4.29. The van der Waals surface area contributed by atoms with E-state index in [9.17, 15) is 23.3 Å². The number of amides is 2. The van der Waals surface area contributed by atoms with E-state index in [0.29, 0.717) is 11.3 Å². The molecule has 2 aliphatic heterocycles. The summed E-state index contributed by atoms with van der Waals surface area (Å²) in [5, 5.41) is 14.5. The fraction of sp³-hybridized carbons (Fsp3) is 0.185. The van der Waals surface area contributed by atoms with Crippen molar-refractivity contribution >= 4 is 27.7 Å². The van der Waals surface area contributed by atoms with Crippen molar-refractivity contribution in [1.82, 2.24) is 14.7 Å². The normalized spacial score (nSPS) is 20.7. The number of carbonyl (C=O) groups is 2. The quantitative estimate of drug-likeness (QED) is 0.403. The van der Waals surface area contributed by atoms with Crippen LogP contribution in [0.3, 0.4) is 0 Å². The molecule has 0 spiro atoms. The molecule has 1 atom stereocenters. The number of para-hydroxylation sites is 1. The summed E-state index contributed by atoms with van der Waals surface area (Å²) in [7, 11) is -3.35. The first-order valence-corrected chi connectivity index (χ1v) is 13.2. The summed E-state index contributed by atoms with van der Waals surface area (Å²) in [6, 6.07) is 20.1. The lowest BCUT2D eigenvalue weighted by atomic mass is 9.92. The zero-order valence-electron chi connectivity index (χ0n) is 19.5. The van der Waals surface area contributed by atoms with Gasteiger partial charge in [0, 0.05) is 22.9 Å². The summed E-state index contributed by atoms with van der Waals surface area (Å²) in [6.45, 7) is 1.56. The summed E-state index contributed by atoms with van der Waals surface area (Å²) in [5.74, 6) is -1.75. The van der Waals surface area contributed by atoms with E-state index in [4.69, 9.17) is 5.10 Å². The standard InChI is InChI=1S/C27H22N4O4S/c1-18-23(26(32)31(27(33)24(18)15-28)22-12-13-36(34,35)17-22)14-20-16-30(21-10-6-3-7-11-21)29-25(20)19-8-4-2-5-9-19/h2-11,14,16,22H,12-13,17H2,1H3. The van der Waals surface area contributed by atoms with Crippen LogP contribution in [0.5, 0.6) is 0 Å². The number of hydrogen-bond acceptors (Lipinski definition) is 6. The lowest BCUT2D eigenvalue weighted by Gasteiger charge is -2.31. The molecule has 3 aromatic rings. The molecule has 1 saturated heterocycles. The molecule has 2 aromatic carbocycles. The van der Waals surface area contributed by atoms with E-state index in [1.54, 1.807) is 23.9 Å². The topological polar surface area (TPSA) is 113 Å². The third-order valence-corrected chi connectivity index (χ3v) is 8.21. The summed E-state index contributed by atoms with van der Waals surface area (Å²) in [5.41, 5.74) is 3.17. The Morgan fingerprint density at radius 3 is 2.31 bits per heavy atom. The highest BCUT2D eigenvalue weighted by atomic mass is 32.2. The Labute approximate surface area is 208 Å². The molecule has 1 fully saturated rings. The Kier molecular flexibility index (Phi) is 5.90. The fourth-order valence-corrected chi connectivity index (χ4v) is 6.29. The molecule has 1 unspecified atom stereocenters. The highest BCUT2D eigenvalue weighted by Crippen LogP contribution is 2.33. The number of nitriles is 1. The van der Waals surface area contributed by atoms with Gasteiger partial charge < -0.3 is 0 Å². The van der Waals surface area contributed by atoms with Gasteiger partial charge in [0.1, 0.15) is 11.6 Å². The van der Waals surface area contributed by atoms with E-state index in [2.05, 4.69) is 0 Å². The molecular weight excluding hydrogens is 476 g/mol. The van der Waals surface area contributed by atoms with Crippen molar-refractivity contribution < 1.29 is 18.0 Å². The third kappa shape index (κ3) is 4.16. The second-order valence-electron chi connectivity index (χ2n) is 8.79. The van der Waals surface area contributed by atoms with Crippen LogP contribution < -0.4 is 0 Å². The first kappa shape index (κ1) is 23.5. The zero-order chi connectivity index (χ0) is 25.4. The van der Waals surface area contributed by atoms with Crippen LogP contribution in [-0.2, 0) is 19.4 Å². The maximum atomic E-state index is 13.6. The maximum absolute atomic E-state index is 13.6. The summed E-state index contributed by atoms with van der Waals surface area (Å²) < 4.78 is 25.9. The number of aromatic nitrogens is 2. The van der Waals surface area contributed by atoms with Crippen LogP contribution >= 0.6 is 0 Å². The Morgan fingerprint density at radius 1 is 1.03 bits per heavy atom. The van der Waals surface area contributed by atoms with E-state index in [-0.39, 0.29) is 34.6 Å². The molecule has 1 aromatic heterocycles. The van der Waals surface area contributed by atoms with Gasteiger partial charge in [0.25, 0.3) is 11.8 Å². The molecule has 3 heterocycles. The van der Waals surface area contributed by atoms with Crippen molar-refractivity contribution in [1.29, 1.82) is 5.26 Å². The molecule has 8 nitrogen and oxygen atoms in total. The van der Waals surface area contributed by atoms with E-state index < -0.39 is 27.7 Å². The van der Waals surface area contributed by atoms with Gasteiger partial charge in [-0.15, -0.1) is 0 Å². The second kappa shape index (κ2) is 9.06. The molecule has 0 bridgehead atoms. The minimum absolute atomic E-state index is 0.0969. The van der Waals surface area contributed by atoms with Crippen LogP contribution in [0.2, 0.25) is 0 Å². The molecule has 180 valence electrons. The number of carbonyl (C=O) groups excluding carboxylic acids is 2. The minimum atomic E-state index is -3.35. The molecule has 2 amide bonds. The Balaban J connectivity index is 1.67. The van der Waals surface area contributed by atoms with Crippen molar-refractivity contribution in [3.8, 4) is 23.0 Å². The van der Waals surface area contributed by atoms with Gasteiger partial charge in [-0.25, -0.2) is 13.1 Å². The second-order valence-corrected chi connectivity index (χ2v) is 11.0. The van der Waals surface area contributed by atoms with Crippen molar-refractivity contribution in [3.05, 3.63) is 89.1 Å². The van der Waals surface area contributed by atoms with Gasteiger partial charge in [-0.05, 0) is 37.1 Å². The van der Waals surface area contributed by atoms with Gasteiger partial charge in [-0.1, -0.05) is 48.5 Å². The van der Waals surface area contributed by atoms with Crippen LogP contribution in [0.15, 0.2) is 83.6 Å². The molecule has 5 rings (SSSR count). The van der Waals surface area contributed by atoms with Crippen LogP contribution in [0.4, 0.5) is 0 Å². The predicted molar refractivity (Wildman–Crippen MR) is 134 cm³/mol. The summed E-state index contributed by atoms with van der Waals surface area (Å²) in [6.07, 6.45) is 3.58. The highest BCUT2D eigenvalue weighted by molar-refractivity contribution is 7.91. The van der Waals surface area contributed by atoms with Crippen molar-refractivity contribution in [3.63, 3.8) is 0 Å². The third-order valence-electron chi connectivity index (χ3n) is 6.46. The van der Waals surface area contributed by atoms with Crippen LogP contribution in [0.1, 0.15) is 18.9 Å². The van der Waals surface area contributed by atoms with Crippen LogP contribution in [-0.4, -0.2) is 52.5 Å². The first-order valence-electron chi connectivity index (χ1n) is 11.4. The Morgan fingerprint density at radius 2 is 1.69 bits per heavy atom. The molecular formula is C27H22N4O4S. The lowest BCUT2D eigenvalue weighted by molar-refractivity contribution is -0.142. The monoisotopic (exact) mass is 498 g/mol. The first-order chi connectivity index (χ1) is 17.3. The predicted octanol–water partition coefficient (Wildman–Crippen LogP) is 3.32. The minimum Gasteiger partial charge on any atom is -0.270 e. The van der Waals surface area contributed by atoms with E-state index in [0.717, 1.165) is 16.2 Å². The number of nitrogens with zero attached hydrogens (tertiary/aromatic N) is 4. The number of benzene rings is 2. The fourth-order valence-electron chi connectivity index (χ4n) is 4.59. The summed E-state index contributed by atoms with van der Waals surface area (Å²) in [4.78, 5) is 27.6. The van der Waals surface area contributed by atoms with Gasteiger partial charge >= 0.3 is 0 Å². The highest BCUT2D eigenvalue weighted by Gasteiger charge is 2.43. The van der Waals surface area contributed by atoms with Gasteiger partial charge in [0.15, 0.2) is 9.84 Å². The van der Waals surface area contributed by atoms with Crippen LogP contribution in [0, 0.1) is 11.3 Å². The molecule has 2 aliphatic rings. The van der Waals surface area contributed by atoms with E-state index in [1.807, 2.05) is 66.7 Å². The average molecular weight is 499 g/mol. The lowest BCUT2D eigenvalue weighted by Crippen LogP contribution is -2.49. The van der Waals surface area contributed by atoms with Crippen LogP contribution in [0.25, 0.3) is 23.0 Å². The van der Waals surface area contributed by atoms with Gasteiger partial charge in [-0.2, -0.15) is 10.4 Å². The molecule has 0 saturated carbocycles. The molecule has 0 aliphatic carbocycles. The SMILES string of the molecule is CC1=C(C#N)C(=O)N(C2CCS(=O)(=O)C2)C(=O)C1=Cc1cn(-c2ccccc2)nc1-c1ccccc1. The van der Waals surface area contributed by atoms with Gasteiger partial charge in [0.05, 0.1) is 28.9 Å². The Bertz CT molecular complexity index is 1580. The smallest absolute Gasteiger partial charge is 0.270 e. The van der Waals surface area contributed by atoms with Crippen molar-refractivity contribution in [2.75, 3.05) is 11.5 Å². The van der Waals surface area contributed by atoms with Gasteiger partial charge in [0.2, 0.25) is 0 Å². The molecule has 0 N–H and O–H groups in total. The maximum Gasteiger partial charge on any atom is 0.271 e. The van der Waals surface area contributed by atoms with Crippen molar-refractivity contribution in [2.45, 2.75) is 19.4 Å². The molecule has 36 heavy (non-hydrogen) atoms. The van der Waals surface area contributed by atoms with Crippen molar-refractivity contribution in [2.24, 2.45) is 0 Å². The average Bonchev–Trinajstić information content (AvgIpc) is 3.46. The molecule has 0 radical (unpaired) electrons. The number of rotatable bonds is 4.